The molecule has 0 amide bonds. The molecule has 3 aromatic rings. The zero-order chi connectivity index (χ0) is 24.6. The van der Waals surface area contributed by atoms with Crippen LogP contribution >= 0.6 is 23.5 Å². The van der Waals surface area contributed by atoms with Crippen LogP contribution in [-0.2, 0) is 12.0 Å². The third-order valence-electron chi connectivity index (χ3n) is 5.51. The molecule has 0 aliphatic carbocycles. The summed E-state index contributed by atoms with van der Waals surface area (Å²) in [5, 5.41) is 10.1. The molecule has 34 heavy (non-hydrogen) atoms. The number of nitriles is 1. The topological polar surface area (TPSA) is 80.1 Å². The van der Waals surface area contributed by atoms with Gasteiger partial charge in [0.2, 0.25) is 5.95 Å². The van der Waals surface area contributed by atoms with E-state index in [4.69, 9.17) is 21.1 Å². The van der Waals surface area contributed by atoms with E-state index in [1.165, 1.54) is 11.9 Å². The predicted octanol–water partition coefficient (Wildman–Crippen LogP) is 6.78. The number of aromatic nitrogens is 2. The van der Waals surface area contributed by atoms with E-state index < -0.39 is 0 Å². The molecule has 0 unspecified atom stereocenters. The highest BCUT2D eigenvalue weighted by atomic mass is 35.5. The summed E-state index contributed by atoms with van der Waals surface area (Å²) in [6.07, 6.45) is 7.33. The number of rotatable bonds is 11. The van der Waals surface area contributed by atoms with Gasteiger partial charge in [-0.25, -0.2) is 9.97 Å². The van der Waals surface area contributed by atoms with Gasteiger partial charge in [0, 0.05) is 29.6 Å². The third-order valence-corrected chi connectivity index (χ3v) is 6.18. The van der Waals surface area contributed by atoms with Gasteiger partial charge in [-0.3, -0.25) is 4.72 Å². The molecule has 8 heteroatoms. The SMILES string of the molecule is CCCCOc1c(Cl)cc(C(C)(C)c2ccc(OCc3cnc(NSC)nc3)cc2)cc1C#N. The molecule has 1 heterocycles. The van der Waals surface area contributed by atoms with E-state index in [0.717, 1.165) is 35.3 Å². The van der Waals surface area contributed by atoms with Crippen molar-refractivity contribution in [3.05, 3.63) is 76.1 Å². The van der Waals surface area contributed by atoms with E-state index >= 15 is 0 Å². The van der Waals surface area contributed by atoms with Gasteiger partial charge in [0.1, 0.15) is 18.4 Å². The van der Waals surface area contributed by atoms with Gasteiger partial charge in [0.25, 0.3) is 0 Å². The highest BCUT2D eigenvalue weighted by molar-refractivity contribution is 7.99. The van der Waals surface area contributed by atoms with Crippen molar-refractivity contribution in [1.82, 2.24) is 9.97 Å². The van der Waals surface area contributed by atoms with E-state index in [1.54, 1.807) is 12.4 Å². The van der Waals surface area contributed by atoms with Crippen LogP contribution in [0, 0.1) is 11.3 Å². The van der Waals surface area contributed by atoms with E-state index in [1.807, 2.05) is 42.7 Å². The molecule has 2 aromatic carbocycles. The van der Waals surface area contributed by atoms with Crippen molar-refractivity contribution in [3.8, 4) is 17.6 Å². The minimum atomic E-state index is -0.371. The molecule has 0 aliphatic heterocycles. The Morgan fingerprint density at radius 1 is 1.09 bits per heavy atom. The normalized spacial score (nSPS) is 11.1. The van der Waals surface area contributed by atoms with Gasteiger partial charge < -0.3 is 9.47 Å². The number of benzene rings is 2. The molecule has 0 saturated carbocycles. The Labute approximate surface area is 210 Å². The van der Waals surface area contributed by atoms with Gasteiger partial charge >= 0.3 is 0 Å². The van der Waals surface area contributed by atoms with Crippen LogP contribution in [0.15, 0.2) is 48.8 Å². The van der Waals surface area contributed by atoms with E-state index in [0.29, 0.717) is 35.5 Å². The Kier molecular flexibility index (Phi) is 9.03. The van der Waals surface area contributed by atoms with Crippen molar-refractivity contribution in [2.24, 2.45) is 0 Å². The van der Waals surface area contributed by atoms with Crippen molar-refractivity contribution in [3.63, 3.8) is 0 Å². The third kappa shape index (κ3) is 6.34. The lowest BCUT2D eigenvalue weighted by atomic mass is 9.77. The Morgan fingerprint density at radius 3 is 2.41 bits per heavy atom. The highest BCUT2D eigenvalue weighted by Crippen LogP contribution is 2.38. The van der Waals surface area contributed by atoms with E-state index in [-0.39, 0.29) is 5.41 Å². The van der Waals surface area contributed by atoms with E-state index in [9.17, 15) is 5.26 Å². The monoisotopic (exact) mass is 496 g/mol. The van der Waals surface area contributed by atoms with Crippen LogP contribution in [0.25, 0.3) is 0 Å². The maximum absolute atomic E-state index is 9.67. The molecule has 1 N–H and O–H groups in total. The molecule has 0 bridgehead atoms. The molecular weight excluding hydrogens is 468 g/mol. The van der Waals surface area contributed by atoms with Crippen molar-refractivity contribution in [2.45, 2.75) is 45.6 Å². The van der Waals surface area contributed by atoms with Gasteiger partial charge in [-0.2, -0.15) is 5.26 Å². The molecular formula is C26H29ClN4O2S. The van der Waals surface area contributed by atoms with Crippen LogP contribution in [0.3, 0.4) is 0 Å². The first-order valence-corrected chi connectivity index (χ1v) is 12.7. The zero-order valence-corrected chi connectivity index (χ0v) is 21.5. The highest BCUT2D eigenvalue weighted by Gasteiger charge is 2.26. The van der Waals surface area contributed by atoms with Crippen LogP contribution < -0.4 is 14.2 Å². The summed E-state index contributed by atoms with van der Waals surface area (Å²) < 4.78 is 14.7. The van der Waals surface area contributed by atoms with Crippen molar-refractivity contribution in [2.75, 3.05) is 17.6 Å². The molecule has 0 aliphatic rings. The molecule has 178 valence electrons. The van der Waals surface area contributed by atoms with Crippen LogP contribution in [0.4, 0.5) is 5.95 Å². The molecule has 0 saturated heterocycles. The lowest BCUT2D eigenvalue weighted by molar-refractivity contribution is 0.305. The molecule has 6 nitrogen and oxygen atoms in total. The zero-order valence-electron chi connectivity index (χ0n) is 19.9. The van der Waals surface area contributed by atoms with Gasteiger partial charge in [-0.05, 0) is 41.8 Å². The summed E-state index contributed by atoms with van der Waals surface area (Å²) in [6.45, 7) is 7.22. The fourth-order valence-corrected chi connectivity index (χ4v) is 3.94. The largest absolute Gasteiger partial charge is 0.491 e. The fourth-order valence-electron chi connectivity index (χ4n) is 3.38. The first-order chi connectivity index (χ1) is 16.4. The number of hydrogen-bond donors (Lipinski definition) is 1. The number of unbranched alkanes of at least 4 members (excludes halogenated alkanes) is 1. The first-order valence-electron chi connectivity index (χ1n) is 11.1. The summed E-state index contributed by atoms with van der Waals surface area (Å²) >= 11 is 7.97. The minimum absolute atomic E-state index is 0.371. The van der Waals surface area contributed by atoms with Gasteiger partial charge in [0.15, 0.2) is 5.75 Å². The summed E-state index contributed by atoms with van der Waals surface area (Å²) in [7, 11) is 0. The van der Waals surface area contributed by atoms with Gasteiger partial charge in [-0.15, -0.1) is 0 Å². The minimum Gasteiger partial charge on any atom is -0.491 e. The summed E-state index contributed by atoms with van der Waals surface area (Å²) in [6, 6.07) is 13.9. The van der Waals surface area contributed by atoms with E-state index in [2.05, 4.69) is 41.5 Å². The van der Waals surface area contributed by atoms with Crippen molar-refractivity contribution < 1.29 is 9.47 Å². The standard InChI is InChI=1S/C26H29ClN4O2S/c1-5-6-11-32-24-19(14-28)12-21(13-23(24)27)26(2,3)20-7-9-22(10-8-20)33-17-18-15-29-25(30-16-18)31-34-4/h7-10,12-13,15-16H,5-6,11,17H2,1-4H3,(H,29,30,31). The quantitative estimate of drug-likeness (QED) is 0.231. The number of nitrogens with one attached hydrogen (secondary N) is 1. The Morgan fingerprint density at radius 2 is 1.79 bits per heavy atom. The average molecular weight is 497 g/mol. The molecule has 0 radical (unpaired) electrons. The van der Waals surface area contributed by atoms with Gasteiger partial charge in [0.05, 0.1) is 17.2 Å². The van der Waals surface area contributed by atoms with Crippen molar-refractivity contribution >= 4 is 29.5 Å². The number of hydrogen-bond acceptors (Lipinski definition) is 7. The first kappa shape index (κ1) is 25.7. The summed E-state index contributed by atoms with van der Waals surface area (Å²) in [5.41, 5.74) is 2.99. The van der Waals surface area contributed by atoms with Crippen LogP contribution in [0.1, 0.15) is 55.9 Å². The summed E-state index contributed by atoms with van der Waals surface area (Å²) in [4.78, 5) is 8.49. The maximum atomic E-state index is 9.67. The van der Waals surface area contributed by atoms with Crippen LogP contribution in [0.2, 0.25) is 5.02 Å². The molecule has 0 spiro atoms. The second-order valence-corrected chi connectivity index (χ2v) is 9.33. The second kappa shape index (κ2) is 12.0. The number of anilines is 1. The van der Waals surface area contributed by atoms with Crippen LogP contribution in [-0.4, -0.2) is 22.8 Å². The number of nitrogens with zero attached hydrogens (tertiary/aromatic N) is 3. The van der Waals surface area contributed by atoms with Crippen LogP contribution in [0.5, 0.6) is 11.5 Å². The lowest BCUT2D eigenvalue weighted by Crippen LogP contribution is -2.19. The van der Waals surface area contributed by atoms with Crippen molar-refractivity contribution in [1.29, 1.82) is 5.26 Å². The number of ether oxygens (including phenoxy) is 2. The molecule has 3 rings (SSSR count). The molecule has 0 fully saturated rings. The average Bonchev–Trinajstić information content (AvgIpc) is 2.84. The smallest absolute Gasteiger partial charge is 0.232 e. The fraction of sp³-hybridized carbons (Fsp3) is 0.346. The Bertz CT molecular complexity index is 1130. The summed E-state index contributed by atoms with van der Waals surface area (Å²) in [5.74, 6) is 1.78. The maximum Gasteiger partial charge on any atom is 0.232 e. The molecule has 0 atom stereocenters. The Balaban J connectivity index is 1.72. The number of halogens is 1. The lowest BCUT2D eigenvalue weighted by Gasteiger charge is -2.27. The second-order valence-electron chi connectivity index (χ2n) is 8.31. The molecule has 1 aromatic heterocycles. The Hall–Kier alpha value is -2.95. The predicted molar refractivity (Wildman–Crippen MR) is 139 cm³/mol. The van der Waals surface area contributed by atoms with Gasteiger partial charge in [-0.1, -0.05) is 62.9 Å².